The van der Waals surface area contributed by atoms with Crippen LogP contribution in [0, 0.1) is 12.3 Å². The quantitative estimate of drug-likeness (QED) is 0.796. The van der Waals surface area contributed by atoms with Crippen LogP contribution >= 0.6 is 0 Å². The molecule has 168 valence electrons. The molecule has 1 aromatic carbocycles. The van der Waals surface area contributed by atoms with Crippen LogP contribution in [-0.4, -0.2) is 40.0 Å². The minimum absolute atomic E-state index is 0.0169. The van der Waals surface area contributed by atoms with Gasteiger partial charge in [0.1, 0.15) is 17.1 Å². The van der Waals surface area contributed by atoms with Crippen LogP contribution in [0.15, 0.2) is 42.5 Å². The summed E-state index contributed by atoms with van der Waals surface area (Å²) >= 11 is 0. The molecule has 0 saturated heterocycles. The number of benzene rings is 1. The predicted molar refractivity (Wildman–Crippen MR) is 124 cm³/mol. The maximum Gasteiger partial charge on any atom is 0.243 e. The van der Waals surface area contributed by atoms with Crippen molar-refractivity contribution in [2.75, 3.05) is 7.11 Å². The SMILES string of the molecule is COC1CCC2(CC1)Cc1ccc(-c3cnc(C)nc3)cc1C21C=C(N)N(C(C)C)C1=O. The molecule has 6 nitrogen and oxygen atoms in total. The highest BCUT2D eigenvalue weighted by Gasteiger charge is 2.65. The molecule has 1 amide bonds. The zero-order valence-electron chi connectivity index (χ0n) is 19.4. The molecule has 1 unspecified atom stereocenters. The van der Waals surface area contributed by atoms with Crippen molar-refractivity contribution < 1.29 is 9.53 Å². The van der Waals surface area contributed by atoms with Crippen molar-refractivity contribution in [1.29, 1.82) is 0 Å². The monoisotopic (exact) mass is 432 g/mol. The van der Waals surface area contributed by atoms with Gasteiger partial charge in [0.15, 0.2) is 0 Å². The zero-order chi connectivity index (χ0) is 22.7. The summed E-state index contributed by atoms with van der Waals surface area (Å²) < 4.78 is 5.67. The summed E-state index contributed by atoms with van der Waals surface area (Å²) in [5.41, 5.74) is 9.96. The smallest absolute Gasteiger partial charge is 0.243 e. The Morgan fingerprint density at radius 3 is 2.44 bits per heavy atom. The normalized spacial score (nSPS) is 29.3. The third-order valence-corrected chi connectivity index (χ3v) is 7.95. The second-order valence-electron chi connectivity index (χ2n) is 9.93. The number of carbonyl (C=O) groups excluding carboxylic acids is 1. The third-order valence-electron chi connectivity index (χ3n) is 7.95. The van der Waals surface area contributed by atoms with Gasteiger partial charge in [0.25, 0.3) is 0 Å². The lowest BCUT2D eigenvalue weighted by molar-refractivity contribution is -0.138. The number of carbonyl (C=O) groups is 1. The van der Waals surface area contributed by atoms with Crippen LogP contribution < -0.4 is 5.73 Å². The van der Waals surface area contributed by atoms with E-state index in [4.69, 9.17) is 10.5 Å². The van der Waals surface area contributed by atoms with Crippen molar-refractivity contribution in [2.45, 2.75) is 70.4 Å². The molecule has 5 rings (SSSR count). The Kier molecular flexibility index (Phi) is 4.89. The number of ether oxygens (including phenoxy) is 1. The van der Waals surface area contributed by atoms with Crippen molar-refractivity contribution in [3.8, 4) is 11.1 Å². The lowest BCUT2D eigenvalue weighted by atomic mass is 9.57. The second kappa shape index (κ2) is 7.41. The van der Waals surface area contributed by atoms with E-state index in [0.29, 0.717) is 5.82 Å². The van der Waals surface area contributed by atoms with Gasteiger partial charge in [-0.25, -0.2) is 9.97 Å². The van der Waals surface area contributed by atoms with Crippen LogP contribution in [0.2, 0.25) is 0 Å². The van der Waals surface area contributed by atoms with Gasteiger partial charge in [0, 0.05) is 31.1 Å². The molecule has 32 heavy (non-hydrogen) atoms. The molecule has 1 saturated carbocycles. The Morgan fingerprint density at radius 1 is 1.16 bits per heavy atom. The number of nitrogens with zero attached hydrogens (tertiary/aromatic N) is 3. The Labute approximate surface area is 189 Å². The van der Waals surface area contributed by atoms with E-state index in [9.17, 15) is 4.79 Å². The van der Waals surface area contributed by atoms with Crippen LogP contribution in [-0.2, 0) is 21.4 Å². The van der Waals surface area contributed by atoms with Gasteiger partial charge in [-0.05, 0) is 87.1 Å². The first-order chi connectivity index (χ1) is 15.3. The maximum absolute atomic E-state index is 14.2. The molecule has 2 spiro atoms. The molecule has 2 N–H and O–H groups in total. The molecule has 0 bridgehead atoms. The average molecular weight is 433 g/mol. The Hall–Kier alpha value is -2.73. The van der Waals surface area contributed by atoms with Gasteiger partial charge in [-0.2, -0.15) is 0 Å². The largest absolute Gasteiger partial charge is 0.385 e. The number of hydrogen-bond acceptors (Lipinski definition) is 5. The first-order valence-corrected chi connectivity index (χ1v) is 11.6. The first-order valence-electron chi connectivity index (χ1n) is 11.6. The molecule has 2 heterocycles. The fraction of sp³-hybridized carbons (Fsp3) is 0.500. The summed E-state index contributed by atoms with van der Waals surface area (Å²) in [5, 5.41) is 0. The van der Waals surface area contributed by atoms with E-state index >= 15 is 0 Å². The van der Waals surface area contributed by atoms with Gasteiger partial charge in [0.05, 0.1) is 6.10 Å². The summed E-state index contributed by atoms with van der Waals surface area (Å²) in [4.78, 5) is 24.7. The van der Waals surface area contributed by atoms with Gasteiger partial charge < -0.3 is 10.5 Å². The summed E-state index contributed by atoms with van der Waals surface area (Å²) in [6.07, 6.45) is 10.8. The van der Waals surface area contributed by atoms with E-state index in [1.807, 2.05) is 33.2 Å². The highest BCUT2D eigenvalue weighted by atomic mass is 16.5. The molecule has 1 fully saturated rings. The predicted octanol–water partition coefficient (Wildman–Crippen LogP) is 3.87. The highest BCUT2D eigenvalue weighted by Crippen LogP contribution is 2.62. The van der Waals surface area contributed by atoms with Gasteiger partial charge in [-0.15, -0.1) is 0 Å². The van der Waals surface area contributed by atoms with Crippen LogP contribution in [0.1, 0.15) is 56.5 Å². The van der Waals surface area contributed by atoms with Crippen molar-refractivity contribution in [3.63, 3.8) is 0 Å². The number of amides is 1. The van der Waals surface area contributed by atoms with Crippen molar-refractivity contribution in [3.05, 3.63) is 59.4 Å². The number of nitrogens with two attached hydrogens (primary N) is 1. The van der Waals surface area contributed by atoms with Gasteiger partial charge in [-0.3, -0.25) is 9.69 Å². The van der Waals surface area contributed by atoms with Crippen LogP contribution in [0.5, 0.6) is 0 Å². The lowest BCUT2D eigenvalue weighted by Crippen LogP contribution is -2.52. The summed E-state index contributed by atoms with van der Waals surface area (Å²) in [6.45, 7) is 5.94. The van der Waals surface area contributed by atoms with E-state index in [1.54, 1.807) is 12.0 Å². The summed E-state index contributed by atoms with van der Waals surface area (Å²) in [7, 11) is 1.79. The second-order valence-corrected chi connectivity index (χ2v) is 9.93. The van der Waals surface area contributed by atoms with E-state index < -0.39 is 5.41 Å². The molecule has 1 atom stereocenters. The minimum Gasteiger partial charge on any atom is -0.385 e. The molecule has 3 aliphatic rings. The number of methoxy groups -OCH3 is 1. The molecule has 1 aliphatic heterocycles. The topological polar surface area (TPSA) is 81.3 Å². The Balaban J connectivity index is 1.67. The van der Waals surface area contributed by atoms with Gasteiger partial charge in [-0.1, -0.05) is 12.1 Å². The van der Waals surface area contributed by atoms with E-state index in [-0.39, 0.29) is 23.5 Å². The van der Waals surface area contributed by atoms with Crippen molar-refractivity contribution >= 4 is 5.91 Å². The highest BCUT2D eigenvalue weighted by molar-refractivity contribution is 5.98. The molecule has 1 aromatic heterocycles. The fourth-order valence-corrected chi connectivity index (χ4v) is 6.33. The summed E-state index contributed by atoms with van der Waals surface area (Å²) in [5.74, 6) is 1.45. The first kappa shape index (κ1) is 21.1. The minimum atomic E-state index is -0.725. The Bertz CT molecular complexity index is 1080. The van der Waals surface area contributed by atoms with Crippen molar-refractivity contribution in [1.82, 2.24) is 14.9 Å². The lowest BCUT2D eigenvalue weighted by Gasteiger charge is -2.46. The zero-order valence-corrected chi connectivity index (χ0v) is 19.4. The molecule has 2 aliphatic carbocycles. The number of aromatic nitrogens is 2. The van der Waals surface area contributed by atoms with Gasteiger partial charge in [0.2, 0.25) is 5.91 Å². The average Bonchev–Trinajstić information content (AvgIpc) is 3.20. The van der Waals surface area contributed by atoms with Crippen LogP contribution in [0.25, 0.3) is 11.1 Å². The third kappa shape index (κ3) is 2.85. The van der Waals surface area contributed by atoms with Crippen LogP contribution in [0.3, 0.4) is 0 Å². The van der Waals surface area contributed by atoms with E-state index in [0.717, 1.165) is 54.6 Å². The van der Waals surface area contributed by atoms with E-state index in [2.05, 4.69) is 34.2 Å². The standard InChI is InChI=1S/C26H32N4O2/c1-16(2)30-23(27)13-26(24(30)31)22-11-18(20-14-28-17(3)29-15-20)5-6-19(22)12-25(26)9-7-21(32-4)8-10-25/h5-6,11,13-16,21H,7-10,12,27H2,1-4H3. The molecule has 0 radical (unpaired) electrons. The van der Waals surface area contributed by atoms with Crippen molar-refractivity contribution in [2.24, 2.45) is 11.1 Å². The number of rotatable bonds is 3. The van der Waals surface area contributed by atoms with Gasteiger partial charge >= 0.3 is 0 Å². The Morgan fingerprint density at radius 2 is 1.84 bits per heavy atom. The maximum atomic E-state index is 14.2. The summed E-state index contributed by atoms with van der Waals surface area (Å²) in [6, 6.07) is 6.53. The number of fused-ring (bicyclic) bond motifs is 3. The molecular weight excluding hydrogens is 400 g/mol. The number of aryl methyl sites for hydroxylation is 1. The van der Waals surface area contributed by atoms with Crippen LogP contribution in [0.4, 0.5) is 0 Å². The molecule has 2 aromatic rings. The number of hydrogen-bond donors (Lipinski definition) is 1. The molecular formula is C26H32N4O2. The molecule has 6 heteroatoms. The van der Waals surface area contributed by atoms with E-state index in [1.165, 1.54) is 5.56 Å². The fourth-order valence-electron chi connectivity index (χ4n) is 6.33.